The van der Waals surface area contributed by atoms with Gasteiger partial charge in [-0.05, 0) is 6.92 Å². The molecule has 0 atom stereocenters. The third-order valence-electron chi connectivity index (χ3n) is 1.40. The van der Waals surface area contributed by atoms with Gasteiger partial charge >= 0.3 is 5.97 Å². The van der Waals surface area contributed by atoms with Crippen LogP contribution in [0.5, 0.6) is 0 Å². The van der Waals surface area contributed by atoms with E-state index >= 15 is 0 Å². The van der Waals surface area contributed by atoms with E-state index in [1.54, 1.807) is 6.92 Å². The minimum atomic E-state index is -0.526. The van der Waals surface area contributed by atoms with E-state index in [0.717, 1.165) is 0 Å². The maximum Gasteiger partial charge on any atom is 0.342 e. The van der Waals surface area contributed by atoms with Crippen LogP contribution in [-0.4, -0.2) is 28.6 Å². The molecule has 1 rings (SSSR count). The van der Waals surface area contributed by atoms with Crippen LogP contribution in [-0.2, 0) is 4.74 Å². The van der Waals surface area contributed by atoms with Crippen molar-refractivity contribution in [2.75, 3.05) is 6.61 Å². The van der Waals surface area contributed by atoms with Gasteiger partial charge in [-0.15, -0.1) is 0 Å². The predicted molar refractivity (Wildman–Crippen MR) is 45.6 cm³/mol. The molecule has 0 saturated carbocycles. The van der Waals surface area contributed by atoms with Crippen molar-refractivity contribution in [3.63, 3.8) is 0 Å². The summed E-state index contributed by atoms with van der Waals surface area (Å²) in [7, 11) is 0. The zero-order valence-corrected chi connectivity index (χ0v) is 7.13. The smallest absolute Gasteiger partial charge is 0.342 e. The Labute approximate surface area is 74.6 Å². The van der Waals surface area contributed by atoms with Crippen molar-refractivity contribution in [3.05, 3.63) is 17.5 Å². The molecule has 0 radical (unpaired) electrons. The quantitative estimate of drug-likeness (QED) is 0.344. The first-order chi connectivity index (χ1) is 6.16. The number of aromatic nitrogens is 2. The van der Waals surface area contributed by atoms with E-state index in [-0.39, 0.29) is 23.7 Å². The van der Waals surface area contributed by atoms with Crippen LogP contribution in [0.1, 0.15) is 23.0 Å². The summed E-state index contributed by atoms with van der Waals surface area (Å²) >= 11 is 0. The SMILES string of the molecule is CCOC(=O)c1cn[nH]c1C(=N)N. The zero-order valence-electron chi connectivity index (χ0n) is 7.13. The number of esters is 1. The second kappa shape index (κ2) is 3.70. The first kappa shape index (κ1) is 9.24. The maximum absolute atomic E-state index is 11.2. The largest absolute Gasteiger partial charge is 0.462 e. The Morgan fingerprint density at radius 3 is 3.08 bits per heavy atom. The fourth-order valence-corrected chi connectivity index (χ4v) is 0.855. The van der Waals surface area contributed by atoms with Gasteiger partial charge < -0.3 is 10.5 Å². The lowest BCUT2D eigenvalue weighted by molar-refractivity contribution is 0.0526. The van der Waals surface area contributed by atoms with E-state index in [1.807, 2.05) is 0 Å². The van der Waals surface area contributed by atoms with Crippen LogP contribution in [0.2, 0.25) is 0 Å². The van der Waals surface area contributed by atoms with Gasteiger partial charge in [-0.2, -0.15) is 5.10 Å². The van der Waals surface area contributed by atoms with Gasteiger partial charge in [0.2, 0.25) is 0 Å². The van der Waals surface area contributed by atoms with E-state index in [2.05, 4.69) is 10.2 Å². The molecule has 1 heterocycles. The lowest BCUT2D eigenvalue weighted by Gasteiger charge is -2.00. The lowest BCUT2D eigenvalue weighted by Crippen LogP contribution is -2.17. The number of nitrogens with two attached hydrogens (primary N) is 1. The minimum absolute atomic E-state index is 0.189. The molecule has 0 bridgehead atoms. The summed E-state index contributed by atoms with van der Waals surface area (Å²) in [5, 5.41) is 13.2. The van der Waals surface area contributed by atoms with Crippen molar-refractivity contribution in [2.45, 2.75) is 6.92 Å². The monoisotopic (exact) mass is 182 g/mol. The van der Waals surface area contributed by atoms with E-state index in [9.17, 15) is 4.79 Å². The first-order valence-electron chi connectivity index (χ1n) is 3.71. The molecule has 6 nitrogen and oxygen atoms in total. The molecule has 0 spiro atoms. The van der Waals surface area contributed by atoms with Crippen molar-refractivity contribution in [1.29, 1.82) is 5.41 Å². The van der Waals surface area contributed by atoms with Crippen LogP contribution < -0.4 is 5.73 Å². The highest BCUT2D eigenvalue weighted by atomic mass is 16.5. The number of aromatic amines is 1. The second-order valence-electron chi connectivity index (χ2n) is 2.29. The molecule has 0 aliphatic carbocycles. The van der Waals surface area contributed by atoms with Gasteiger partial charge in [0.05, 0.1) is 12.8 Å². The number of hydrogen-bond acceptors (Lipinski definition) is 4. The molecule has 13 heavy (non-hydrogen) atoms. The van der Waals surface area contributed by atoms with E-state index in [0.29, 0.717) is 0 Å². The Morgan fingerprint density at radius 2 is 2.54 bits per heavy atom. The van der Waals surface area contributed by atoms with Gasteiger partial charge in [0, 0.05) is 0 Å². The fourth-order valence-electron chi connectivity index (χ4n) is 0.855. The molecule has 6 heteroatoms. The normalized spacial score (nSPS) is 9.62. The summed E-state index contributed by atoms with van der Waals surface area (Å²) in [5.74, 6) is -0.762. The van der Waals surface area contributed by atoms with Crippen LogP contribution in [0.4, 0.5) is 0 Å². The van der Waals surface area contributed by atoms with Gasteiger partial charge in [-0.1, -0.05) is 0 Å². The fraction of sp³-hybridized carbons (Fsp3) is 0.286. The topological polar surface area (TPSA) is 105 Å². The van der Waals surface area contributed by atoms with Gasteiger partial charge in [0.25, 0.3) is 0 Å². The Balaban J connectivity index is 2.93. The summed E-state index contributed by atoms with van der Waals surface area (Å²) in [6, 6.07) is 0. The first-order valence-corrected chi connectivity index (χ1v) is 3.71. The average Bonchev–Trinajstić information content (AvgIpc) is 2.52. The summed E-state index contributed by atoms with van der Waals surface area (Å²) in [6.45, 7) is 1.98. The van der Waals surface area contributed by atoms with Gasteiger partial charge in [-0.3, -0.25) is 10.5 Å². The molecule has 1 aromatic rings. The molecule has 0 aliphatic heterocycles. The molecule has 0 saturated heterocycles. The third-order valence-corrected chi connectivity index (χ3v) is 1.40. The Hall–Kier alpha value is -1.85. The van der Waals surface area contributed by atoms with Crippen molar-refractivity contribution < 1.29 is 9.53 Å². The Bertz CT molecular complexity index is 331. The highest BCUT2D eigenvalue weighted by Crippen LogP contribution is 2.05. The molecule has 0 fully saturated rings. The van der Waals surface area contributed by atoms with E-state index in [1.165, 1.54) is 6.20 Å². The van der Waals surface area contributed by atoms with Crippen molar-refractivity contribution in [2.24, 2.45) is 5.73 Å². The number of H-pyrrole nitrogens is 1. The van der Waals surface area contributed by atoms with Crippen LogP contribution in [0.25, 0.3) is 0 Å². The standard InChI is InChI=1S/C7H10N4O2/c1-2-13-7(12)4-3-10-11-5(4)6(8)9/h3H,2H2,1H3,(H3,8,9)(H,10,11). The summed E-state index contributed by atoms with van der Waals surface area (Å²) in [6.07, 6.45) is 1.29. The highest BCUT2D eigenvalue weighted by Gasteiger charge is 2.16. The Kier molecular flexibility index (Phi) is 2.63. The van der Waals surface area contributed by atoms with Crippen LogP contribution >= 0.6 is 0 Å². The predicted octanol–water partition coefficient (Wildman–Crippen LogP) is -0.130. The van der Waals surface area contributed by atoms with E-state index in [4.69, 9.17) is 15.9 Å². The lowest BCUT2D eigenvalue weighted by atomic mass is 10.2. The summed E-state index contributed by atoms with van der Waals surface area (Å²) < 4.78 is 4.73. The van der Waals surface area contributed by atoms with Crippen LogP contribution in [0, 0.1) is 5.41 Å². The molecular formula is C7H10N4O2. The van der Waals surface area contributed by atoms with Crippen molar-refractivity contribution in [3.8, 4) is 0 Å². The van der Waals surface area contributed by atoms with Gasteiger partial charge in [0.1, 0.15) is 17.1 Å². The van der Waals surface area contributed by atoms with Crippen molar-refractivity contribution in [1.82, 2.24) is 10.2 Å². The molecule has 0 amide bonds. The molecule has 0 unspecified atom stereocenters. The minimum Gasteiger partial charge on any atom is -0.462 e. The summed E-state index contributed by atoms with van der Waals surface area (Å²) in [4.78, 5) is 11.2. The summed E-state index contributed by atoms with van der Waals surface area (Å²) in [5.41, 5.74) is 5.58. The molecule has 0 aliphatic rings. The number of rotatable bonds is 3. The van der Waals surface area contributed by atoms with Crippen molar-refractivity contribution >= 4 is 11.8 Å². The number of amidine groups is 1. The second-order valence-corrected chi connectivity index (χ2v) is 2.29. The number of carbonyl (C=O) groups excluding carboxylic acids is 1. The number of nitrogens with zero attached hydrogens (tertiary/aromatic N) is 1. The number of nitrogens with one attached hydrogen (secondary N) is 2. The molecule has 1 aromatic heterocycles. The molecule has 70 valence electrons. The highest BCUT2D eigenvalue weighted by molar-refractivity contribution is 6.04. The maximum atomic E-state index is 11.2. The van der Waals surface area contributed by atoms with Gasteiger partial charge in [0.15, 0.2) is 0 Å². The third kappa shape index (κ3) is 1.84. The zero-order chi connectivity index (χ0) is 9.84. The van der Waals surface area contributed by atoms with Crippen LogP contribution in [0.15, 0.2) is 6.20 Å². The number of carbonyl (C=O) groups is 1. The van der Waals surface area contributed by atoms with Crippen LogP contribution in [0.3, 0.4) is 0 Å². The van der Waals surface area contributed by atoms with Gasteiger partial charge in [-0.25, -0.2) is 4.79 Å². The number of nitrogen functional groups attached to an aromatic ring is 1. The number of ether oxygens (including phenoxy) is 1. The Morgan fingerprint density at radius 1 is 1.85 bits per heavy atom. The molecule has 4 N–H and O–H groups in total. The van der Waals surface area contributed by atoms with E-state index < -0.39 is 5.97 Å². The average molecular weight is 182 g/mol. The molecule has 0 aromatic carbocycles. The number of hydrogen-bond donors (Lipinski definition) is 3. The molecular weight excluding hydrogens is 172 g/mol.